The lowest BCUT2D eigenvalue weighted by molar-refractivity contribution is -0.142. The molecule has 7 nitrogen and oxygen atoms in total. The van der Waals surface area contributed by atoms with Crippen LogP contribution in [0.3, 0.4) is 0 Å². The molecule has 0 aliphatic heterocycles. The van der Waals surface area contributed by atoms with Gasteiger partial charge >= 0.3 is 12.0 Å². The lowest BCUT2D eigenvalue weighted by Crippen LogP contribution is -2.21. The largest absolute Gasteiger partial charge is 0.481 e. The number of ether oxygens (including phenoxy) is 1. The molecule has 1 aromatic rings. The number of rotatable bonds is 5. The van der Waals surface area contributed by atoms with Crippen molar-refractivity contribution in [1.82, 2.24) is 15.0 Å². The van der Waals surface area contributed by atoms with Crippen LogP contribution >= 0.6 is 0 Å². The van der Waals surface area contributed by atoms with Gasteiger partial charge in [0.2, 0.25) is 5.95 Å². The van der Waals surface area contributed by atoms with E-state index in [1.165, 1.54) is 0 Å². The van der Waals surface area contributed by atoms with Gasteiger partial charge in [0.25, 0.3) is 0 Å². The SMILES string of the molecule is CCC(COc1nc(C)nc(N)n1)C(=O)O. The predicted molar refractivity (Wildman–Crippen MR) is 55.9 cm³/mol. The van der Waals surface area contributed by atoms with Gasteiger partial charge in [-0.25, -0.2) is 0 Å². The highest BCUT2D eigenvalue weighted by atomic mass is 16.5. The van der Waals surface area contributed by atoms with Crippen LogP contribution in [0.25, 0.3) is 0 Å². The quantitative estimate of drug-likeness (QED) is 0.740. The van der Waals surface area contributed by atoms with Crippen LogP contribution in [0.15, 0.2) is 0 Å². The summed E-state index contributed by atoms with van der Waals surface area (Å²) in [5.41, 5.74) is 5.40. The number of anilines is 1. The van der Waals surface area contributed by atoms with Crippen molar-refractivity contribution in [3.63, 3.8) is 0 Å². The van der Waals surface area contributed by atoms with E-state index in [1.807, 2.05) is 0 Å². The van der Waals surface area contributed by atoms with Crippen LogP contribution in [0.4, 0.5) is 5.95 Å². The van der Waals surface area contributed by atoms with Crippen molar-refractivity contribution >= 4 is 11.9 Å². The van der Waals surface area contributed by atoms with E-state index in [0.717, 1.165) is 0 Å². The summed E-state index contributed by atoms with van der Waals surface area (Å²) in [6.45, 7) is 3.45. The molecule has 3 N–H and O–H groups in total. The van der Waals surface area contributed by atoms with Crippen molar-refractivity contribution < 1.29 is 14.6 Å². The van der Waals surface area contributed by atoms with Gasteiger partial charge in [0.05, 0.1) is 5.92 Å². The molecular formula is C9H14N4O3. The molecule has 0 aliphatic rings. The van der Waals surface area contributed by atoms with Gasteiger partial charge in [-0.3, -0.25) is 4.79 Å². The van der Waals surface area contributed by atoms with Gasteiger partial charge in [-0.1, -0.05) is 6.92 Å². The number of nitrogens with two attached hydrogens (primary N) is 1. The number of carboxylic acids is 1. The number of aromatic nitrogens is 3. The van der Waals surface area contributed by atoms with Crippen LogP contribution in [-0.4, -0.2) is 32.6 Å². The summed E-state index contributed by atoms with van der Waals surface area (Å²) in [6, 6.07) is 0.0599. The number of hydrogen-bond donors (Lipinski definition) is 2. The summed E-state index contributed by atoms with van der Waals surface area (Å²) in [5.74, 6) is -0.976. The van der Waals surface area contributed by atoms with Gasteiger partial charge in [-0.05, 0) is 13.3 Å². The average molecular weight is 226 g/mol. The minimum Gasteiger partial charge on any atom is -0.481 e. The fourth-order valence-corrected chi connectivity index (χ4v) is 1.08. The number of hydrogen-bond acceptors (Lipinski definition) is 6. The maximum atomic E-state index is 10.7. The van der Waals surface area contributed by atoms with Crippen LogP contribution in [0.1, 0.15) is 19.2 Å². The van der Waals surface area contributed by atoms with Crippen molar-refractivity contribution in [2.75, 3.05) is 12.3 Å². The molecule has 0 aromatic carbocycles. The topological polar surface area (TPSA) is 111 Å². The van der Waals surface area contributed by atoms with Crippen molar-refractivity contribution in [2.24, 2.45) is 5.92 Å². The second-order valence-corrected chi connectivity index (χ2v) is 3.28. The van der Waals surface area contributed by atoms with Crippen LogP contribution < -0.4 is 10.5 Å². The molecule has 1 aromatic heterocycles. The van der Waals surface area contributed by atoms with Gasteiger partial charge in [0.1, 0.15) is 12.4 Å². The number of nitrogen functional groups attached to an aromatic ring is 1. The molecular weight excluding hydrogens is 212 g/mol. The monoisotopic (exact) mass is 226 g/mol. The van der Waals surface area contributed by atoms with Crippen LogP contribution in [-0.2, 0) is 4.79 Å². The minimum atomic E-state index is -0.902. The summed E-state index contributed by atoms with van der Waals surface area (Å²) < 4.78 is 5.16. The highest BCUT2D eigenvalue weighted by Gasteiger charge is 2.16. The normalized spacial score (nSPS) is 12.1. The third-order valence-electron chi connectivity index (χ3n) is 2.00. The molecule has 16 heavy (non-hydrogen) atoms. The highest BCUT2D eigenvalue weighted by Crippen LogP contribution is 2.08. The fraction of sp³-hybridized carbons (Fsp3) is 0.556. The zero-order chi connectivity index (χ0) is 12.1. The van der Waals surface area contributed by atoms with E-state index in [2.05, 4.69) is 15.0 Å². The van der Waals surface area contributed by atoms with Crippen molar-refractivity contribution in [3.8, 4) is 6.01 Å². The predicted octanol–water partition coefficient (Wildman–Crippen LogP) is 0.252. The first kappa shape index (κ1) is 12.2. The Morgan fingerprint density at radius 2 is 2.19 bits per heavy atom. The Morgan fingerprint density at radius 1 is 1.50 bits per heavy atom. The van der Waals surface area contributed by atoms with Gasteiger partial charge < -0.3 is 15.6 Å². The van der Waals surface area contributed by atoms with Crippen LogP contribution in [0.2, 0.25) is 0 Å². The first-order chi connectivity index (χ1) is 7.52. The molecule has 0 bridgehead atoms. The Morgan fingerprint density at radius 3 is 2.69 bits per heavy atom. The number of aryl methyl sites for hydroxylation is 1. The molecule has 0 saturated heterocycles. The van der Waals surface area contributed by atoms with Gasteiger partial charge in [-0.2, -0.15) is 15.0 Å². The van der Waals surface area contributed by atoms with E-state index in [4.69, 9.17) is 15.6 Å². The number of carboxylic acid groups (broad SMARTS) is 1. The smallest absolute Gasteiger partial charge is 0.321 e. The molecule has 0 fully saturated rings. The number of aliphatic carboxylic acids is 1. The maximum Gasteiger partial charge on any atom is 0.321 e. The Kier molecular flexibility index (Phi) is 3.98. The number of carbonyl (C=O) groups is 1. The highest BCUT2D eigenvalue weighted by molar-refractivity contribution is 5.70. The Hall–Kier alpha value is -1.92. The molecule has 0 amide bonds. The lowest BCUT2D eigenvalue weighted by Gasteiger charge is -2.10. The van der Waals surface area contributed by atoms with Gasteiger partial charge in [-0.15, -0.1) is 0 Å². The zero-order valence-corrected chi connectivity index (χ0v) is 9.17. The molecule has 0 radical (unpaired) electrons. The van der Waals surface area contributed by atoms with Crippen molar-refractivity contribution in [2.45, 2.75) is 20.3 Å². The molecule has 1 unspecified atom stereocenters. The second-order valence-electron chi connectivity index (χ2n) is 3.28. The maximum absolute atomic E-state index is 10.7. The molecule has 0 spiro atoms. The summed E-state index contributed by atoms with van der Waals surface area (Å²) in [6.07, 6.45) is 0.481. The minimum absolute atomic E-state index is 0.0225. The first-order valence-corrected chi connectivity index (χ1v) is 4.86. The third kappa shape index (κ3) is 3.34. The third-order valence-corrected chi connectivity index (χ3v) is 2.00. The second kappa shape index (κ2) is 5.24. The molecule has 1 heterocycles. The van der Waals surface area contributed by atoms with E-state index >= 15 is 0 Å². The Balaban J connectivity index is 2.63. The molecule has 88 valence electrons. The number of nitrogens with zero attached hydrogens (tertiary/aromatic N) is 3. The molecule has 1 rings (SSSR count). The fourth-order valence-electron chi connectivity index (χ4n) is 1.08. The van der Waals surface area contributed by atoms with Crippen LogP contribution in [0, 0.1) is 12.8 Å². The van der Waals surface area contributed by atoms with E-state index in [-0.39, 0.29) is 18.6 Å². The van der Waals surface area contributed by atoms with Gasteiger partial charge in [0.15, 0.2) is 0 Å². The Bertz CT molecular complexity index is 363. The summed E-state index contributed by atoms with van der Waals surface area (Å²) in [4.78, 5) is 22.1. The molecule has 1 atom stereocenters. The zero-order valence-electron chi connectivity index (χ0n) is 9.17. The van der Waals surface area contributed by atoms with Crippen molar-refractivity contribution in [1.29, 1.82) is 0 Å². The van der Waals surface area contributed by atoms with E-state index < -0.39 is 11.9 Å². The van der Waals surface area contributed by atoms with E-state index in [1.54, 1.807) is 13.8 Å². The van der Waals surface area contributed by atoms with E-state index in [9.17, 15) is 4.79 Å². The molecule has 0 aliphatic carbocycles. The summed E-state index contributed by atoms with van der Waals surface area (Å²) in [5, 5.41) is 8.80. The van der Waals surface area contributed by atoms with Gasteiger partial charge in [0, 0.05) is 0 Å². The summed E-state index contributed by atoms with van der Waals surface area (Å²) >= 11 is 0. The lowest BCUT2D eigenvalue weighted by atomic mass is 10.1. The Labute approximate surface area is 92.7 Å². The van der Waals surface area contributed by atoms with Crippen LogP contribution in [0.5, 0.6) is 6.01 Å². The molecule has 0 saturated carbocycles. The van der Waals surface area contributed by atoms with Crippen molar-refractivity contribution in [3.05, 3.63) is 5.82 Å². The standard InChI is InChI=1S/C9H14N4O3/c1-3-6(7(14)15)4-16-9-12-5(2)11-8(10)13-9/h6H,3-4H2,1-2H3,(H,14,15)(H2,10,11,12,13). The summed E-state index contributed by atoms with van der Waals surface area (Å²) in [7, 11) is 0. The first-order valence-electron chi connectivity index (χ1n) is 4.86. The average Bonchev–Trinajstić information content (AvgIpc) is 2.16. The molecule has 7 heteroatoms. The van der Waals surface area contributed by atoms with E-state index in [0.29, 0.717) is 12.2 Å².